The van der Waals surface area contributed by atoms with Crippen LogP contribution in [0.5, 0.6) is 0 Å². The molecule has 1 aromatic rings. The third kappa shape index (κ3) is 3.27. The number of carboxylic acid groups (broad SMARTS) is 1. The van der Waals surface area contributed by atoms with Crippen LogP contribution in [0.2, 0.25) is 0 Å². The van der Waals surface area contributed by atoms with Crippen LogP contribution < -0.4 is 5.73 Å². The van der Waals surface area contributed by atoms with Gasteiger partial charge in [-0.25, -0.2) is 4.68 Å². The summed E-state index contributed by atoms with van der Waals surface area (Å²) < 4.78 is 1.40. The van der Waals surface area contributed by atoms with Crippen LogP contribution in [0, 0.1) is 0 Å². The summed E-state index contributed by atoms with van der Waals surface area (Å²) >= 11 is 0. The Labute approximate surface area is 104 Å². The van der Waals surface area contributed by atoms with Gasteiger partial charge in [0.15, 0.2) is 0 Å². The molecule has 8 heteroatoms. The summed E-state index contributed by atoms with van der Waals surface area (Å²) in [7, 11) is 3.30. The fraction of sp³-hybridized carbons (Fsp3) is 0.600. The second kappa shape index (κ2) is 5.58. The summed E-state index contributed by atoms with van der Waals surface area (Å²) in [5, 5.41) is 16.3. The van der Waals surface area contributed by atoms with E-state index in [1.54, 1.807) is 21.0 Å². The van der Waals surface area contributed by atoms with E-state index in [1.807, 2.05) is 0 Å². The number of nitrogens with zero attached hydrogens (tertiary/aromatic N) is 4. The summed E-state index contributed by atoms with van der Waals surface area (Å²) in [5.74, 6) is -1.21. The summed E-state index contributed by atoms with van der Waals surface area (Å²) in [5.41, 5.74) is 5.84. The zero-order chi connectivity index (χ0) is 13.9. The number of aliphatic carboxylic acids is 1. The molecule has 0 aliphatic rings. The van der Waals surface area contributed by atoms with E-state index in [9.17, 15) is 9.59 Å². The Morgan fingerprint density at radius 3 is 2.67 bits per heavy atom. The molecule has 1 aromatic heterocycles. The Morgan fingerprint density at radius 2 is 2.17 bits per heavy atom. The second-order valence-corrected chi connectivity index (χ2v) is 4.25. The van der Waals surface area contributed by atoms with Crippen molar-refractivity contribution in [1.82, 2.24) is 19.9 Å². The van der Waals surface area contributed by atoms with Crippen LogP contribution in [-0.2, 0) is 16.0 Å². The van der Waals surface area contributed by atoms with Crippen molar-refractivity contribution in [1.29, 1.82) is 0 Å². The number of hydrogen-bond acceptors (Lipinski definition) is 5. The van der Waals surface area contributed by atoms with Gasteiger partial charge in [0.25, 0.3) is 0 Å². The highest BCUT2D eigenvalue weighted by Crippen LogP contribution is 2.08. The predicted octanol–water partition coefficient (Wildman–Crippen LogP) is -1.12. The molecule has 100 valence electrons. The minimum atomic E-state index is -1.10. The van der Waals surface area contributed by atoms with Crippen molar-refractivity contribution in [3.63, 3.8) is 0 Å². The third-order valence-corrected chi connectivity index (χ3v) is 2.50. The Hall–Kier alpha value is -1.96. The lowest BCUT2D eigenvalue weighted by molar-refractivity contribution is -0.138. The first-order valence-corrected chi connectivity index (χ1v) is 5.43. The SMILES string of the molecule is CC(C(=O)N(C)C)n1cc(CC(N)C(=O)O)nn1. The summed E-state index contributed by atoms with van der Waals surface area (Å²) in [4.78, 5) is 23.8. The van der Waals surface area contributed by atoms with Crippen LogP contribution in [0.1, 0.15) is 18.7 Å². The molecule has 0 aromatic carbocycles. The molecular weight excluding hydrogens is 238 g/mol. The van der Waals surface area contributed by atoms with E-state index in [1.165, 1.54) is 15.8 Å². The molecule has 0 aliphatic carbocycles. The Balaban J connectivity index is 2.74. The molecule has 0 saturated carbocycles. The number of carbonyl (C=O) groups is 2. The van der Waals surface area contributed by atoms with Crippen molar-refractivity contribution >= 4 is 11.9 Å². The van der Waals surface area contributed by atoms with E-state index in [2.05, 4.69) is 10.3 Å². The minimum Gasteiger partial charge on any atom is -0.480 e. The van der Waals surface area contributed by atoms with Gasteiger partial charge in [0.05, 0.1) is 5.69 Å². The van der Waals surface area contributed by atoms with Crippen molar-refractivity contribution in [2.45, 2.75) is 25.4 Å². The molecule has 0 radical (unpaired) electrons. The zero-order valence-electron chi connectivity index (χ0n) is 10.6. The van der Waals surface area contributed by atoms with Gasteiger partial charge in [0.1, 0.15) is 12.1 Å². The average molecular weight is 255 g/mol. The van der Waals surface area contributed by atoms with Gasteiger partial charge in [-0.05, 0) is 6.92 Å². The highest BCUT2D eigenvalue weighted by Gasteiger charge is 2.20. The Morgan fingerprint density at radius 1 is 1.56 bits per heavy atom. The van der Waals surface area contributed by atoms with Gasteiger partial charge in [0, 0.05) is 26.7 Å². The Kier molecular flexibility index (Phi) is 4.38. The van der Waals surface area contributed by atoms with Gasteiger partial charge in [0.2, 0.25) is 5.91 Å². The predicted molar refractivity (Wildman–Crippen MR) is 62.7 cm³/mol. The maximum atomic E-state index is 11.7. The van der Waals surface area contributed by atoms with E-state index in [0.717, 1.165) is 0 Å². The number of rotatable bonds is 5. The number of carbonyl (C=O) groups excluding carboxylic acids is 1. The summed E-state index contributed by atoms with van der Waals surface area (Å²) in [6.45, 7) is 1.69. The van der Waals surface area contributed by atoms with Gasteiger partial charge in [-0.2, -0.15) is 0 Å². The average Bonchev–Trinajstić information content (AvgIpc) is 2.75. The number of likely N-dealkylation sites (N-methyl/N-ethyl adjacent to an activating group) is 1. The van der Waals surface area contributed by atoms with Gasteiger partial charge < -0.3 is 15.7 Å². The number of nitrogens with two attached hydrogens (primary N) is 1. The van der Waals surface area contributed by atoms with E-state index >= 15 is 0 Å². The number of hydrogen-bond donors (Lipinski definition) is 2. The highest BCUT2D eigenvalue weighted by atomic mass is 16.4. The second-order valence-electron chi connectivity index (χ2n) is 4.25. The third-order valence-electron chi connectivity index (χ3n) is 2.50. The van der Waals surface area contributed by atoms with Gasteiger partial charge in [-0.3, -0.25) is 9.59 Å². The molecule has 2 atom stereocenters. The van der Waals surface area contributed by atoms with Crippen molar-refractivity contribution in [2.75, 3.05) is 14.1 Å². The van der Waals surface area contributed by atoms with Crippen LogP contribution >= 0.6 is 0 Å². The normalized spacial score (nSPS) is 14.0. The summed E-state index contributed by atoms with van der Waals surface area (Å²) in [6, 6.07) is -1.50. The minimum absolute atomic E-state index is 0.0816. The van der Waals surface area contributed by atoms with E-state index in [-0.39, 0.29) is 12.3 Å². The molecule has 0 spiro atoms. The molecule has 1 heterocycles. The van der Waals surface area contributed by atoms with Gasteiger partial charge >= 0.3 is 5.97 Å². The lowest BCUT2D eigenvalue weighted by Gasteiger charge is -2.16. The van der Waals surface area contributed by atoms with E-state index in [4.69, 9.17) is 10.8 Å². The van der Waals surface area contributed by atoms with Gasteiger partial charge in [-0.1, -0.05) is 5.21 Å². The van der Waals surface area contributed by atoms with Crippen LogP contribution in [0.3, 0.4) is 0 Å². The highest BCUT2D eigenvalue weighted by molar-refractivity contribution is 5.79. The van der Waals surface area contributed by atoms with Crippen molar-refractivity contribution in [3.8, 4) is 0 Å². The maximum absolute atomic E-state index is 11.7. The molecule has 0 aliphatic heterocycles. The lowest BCUT2D eigenvalue weighted by atomic mass is 10.2. The smallest absolute Gasteiger partial charge is 0.320 e. The molecule has 0 bridgehead atoms. The van der Waals surface area contributed by atoms with Crippen LogP contribution in [0.25, 0.3) is 0 Å². The molecular formula is C10H17N5O3. The molecule has 18 heavy (non-hydrogen) atoms. The van der Waals surface area contributed by atoms with Gasteiger partial charge in [-0.15, -0.1) is 5.10 Å². The summed E-state index contributed by atoms with van der Waals surface area (Å²) in [6.07, 6.45) is 1.62. The quantitative estimate of drug-likeness (QED) is 0.689. The first kappa shape index (κ1) is 14.1. The lowest BCUT2D eigenvalue weighted by Crippen LogP contribution is -2.32. The van der Waals surface area contributed by atoms with Crippen LogP contribution in [-0.4, -0.2) is 57.0 Å². The number of amides is 1. The molecule has 1 rings (SSSR count). The number of carboxylic acids is 1. The first-order valence-electron chi connectivity index (χ1n) is 5.43. The molecule has 0 saturated heterocycles. The molecule has 2 unspecified atom stereocenters. The topological polar surface area (TPSA) is 114 Å². The van der Waals surface area contributed by atoms with Crippen LogP contribution in [0.15, 0.2) is 6.20 Å². The Bertz CT molecular complexity index is 442. The molecule has 0 fully saturated rings. The molecule has 3 N–H and O–H groups in total. The first-order chi connectivity index (χ1) is 8.32. The van der Waals surface area contributed by atoms with E-state index in [0.29, 0.717) is 5.69 Å². The van der Waals surface area contributed by atoms with Crippen LogP contribution in [0.4, 0.5) is 0 Å². The van der Waals surface area contributed by atoms with E-state index < -0.39 is 18.1 Å². The zero-order valence-corrected chi connectivity index (χ0v) is 10.6. The molecule has 1 amide bonds. The molecule has 8 nitrogen and oxygen atoms in total. The monoisotopic (exact) mass is 255 g/mol. The fourth-order valence-electron chi connectivity index (χ4n) is 1.40. The van der Waals surface area contributed by atoms with Crippen molar-refractivity contribution < 1.29 is 14.7 Å². The standard InChI is InChI=1S/C10H17N5O3/c1-6(9(16)14(2)3)15-5-7(12-13-15)4-8(11)10(17)18/h5-6,8H,4,11H2,1-3H3,(H,17,18). The van der Waals surface area contributed by atoms with Crippen molar-refractivity contribution in [3.05, 3.63) is 11.9 Å². The number of aromatic nitrogens is 3. The fourth-order valence-corrected chi connectivity index (χ4v) is 1.40. The largest absolute Gasteiger partial charge is 0.480 e. The maximum Gasteiger partial charge on any atom is 0.320 e. The van der Waals surface area contributed by atoms with Crippen molar-refractivity contribution in [2.24, 2.45) is 5.73 Å².